The monoisotopic (exact) mass is 442 g/mol. The van der Waals surface area contributed by atoms with Crippen molar-refractivity contribution >= 4 is 45.7 Å². The molecular weight excluding hydrogens is 420 g/mol. The molecule has 0 fully saturated rings. The maximum absolute atomic E-state index is 12.6. The summed E-state index contributed by atoms with van der Waals surface area (Å²) in [4.78, 5) is 25.8. The van der Waals surface area contributed by atoms with E-state index in [1.54, 1.807) is 13.2 Å². The third kappa shape index (κ3) is 5.47. The highest BCUT2D eigenvalue weighted by Crippen LogP contribution is 2.22. The number of nitrogens with one attached hydrogen (secondary N) is 2. The van der Waals surface area contributed by atoms with E-state index < -0.39 is 0 Å². The van der Waals surface area contributed by atoms with E-state index in [0.29, 0.717) is 22.7 Å². The number of anilines is 2. The van der Waals surface area contributed by atoms with Crippen molar-refractivity contribution in [3.05, 3.63) is 96.6 Å². The molecule has 32 heavy (non-hydrogen) atoms. The second-order valence-corrected chi connectivity index (χ2v) is 8.16. The van der Waals surface area contributed by atoms with Gasteiger partial charge in [-0.3, -0.25) is 9.59 Å². The van der Waals surface area contributed by atoms with Gasteiger partial charge in [-0.15, -0.1) is 11.8 Å². The van der Waals surface area contributed by atoms with E-state index in [9.17, 15) is 9.59 Å². The van der Waals surface area contributed by atoms with Crippen LogP contribution in [0.5, 0.6) is 5.75 Å². The molecule has 160 valence electrons. The molecule has 0 aliphatic heterocycles. The summed E-state index contributed by atoms with van der Waals surface area (Å²) in [6.45, 7) is 0. The average molecular weight is 443 g/mol. The number of amides is 2. The Bertz CT molecular complexity index is 1260. The normalized spacial score (nSPS) is 10.5. The Labute approximate surface area is 190 Å². The van der Waals surface area contributed by atoms with Gasteiger partial charge < -0.3 is 15.4 Å². The first-order valence-electron chi connectivity index (χ1n) is 10.1. The molecule has 0 aliphatic rings. The molecular formula is C26H22N2O3S. The van der Waals surface area contributed by atoms with E-state index in [4.69, 9.17) is 4.74 Å². The molecule has 2 amide bonds. The lowest BCUT2D eigenvalue weighted by Gasteiger charge is -2.08. The van der Waals surface area contributed by atoms with E-state index in [2.05, 4.69) is 10.6 Å². The van der Waals surface area contributed by atoms with Crippen molar-refractivity contribution in [3.63, 3.8) is 0 Å². The number of rotatable bonds is 7. The first-order valence-corrected chi connectivity index (χ1v) is 11.1. The van der Waals surface area contributed by atoms with Crippen LogP contribution in [-0.4, -0.2) is 24.7 Å². The smallest absolute Gasteiger partial charge is 0.255 e. The maximum Gasteiger partial charge on any atom is 0.255 e. The number of hydrogen-bond donors (Lipinski definition) is 2. The van der Waals surface area contributed by atoms with Gasteiger partial charge in [-0.25, -0.2) is 0 Å². The second-order valence-electron chi connectivity index (χ2n) is 7.11. The van der Waals surface area contributed by atoms with Gasteiger partial charge in [0, 0.05) is 27.9 Å². The van der Waals surface area contributed by atoms with Crippen molar-refractivity contribution in [3.8, 4) is 5.75 Å². The van der Waals surface area contributed by atoms with E-state index in [0.717, 1.165) is 15.7 Å². The maximum atomic E-state index is 12.6. The van der Waals surface area contributed by atoms with Gasteiger partial charge in [-0.1, -0.05) is 36.4 Å². The minimum Gasteiger partial charge on any atom is -0.497 e. The third-order valence-electron chi connectivity index (χ3n) is 4.85. The van der Waals surface area contributed by atoms with Gasteiger partial charge in [0.25, 0.3) is 5.91 Å². The summed E-state index contributed by atoms with van der Waals surface area (Å²) in [6.07, 6.45) is 0. The number of thioether (sulfide) groups is 1. The molecule has 0 aliphatic carbocycles. The van der Waals surface area contributed by atoms with Gasteiger partial charge in [0.2, 0.25) is 5.91 Å². The number of carbonyl (C=O) groups is 2. The number of carbonyl (C=O) groups excluding carboxylic acids is 2. The van der Waals surface area contributed by atoms with Crippen LogP contribution in [0.3, 0.4) is 0 Å². The molecule has 6 heteroatoms. The molecule has 4 aromatic carbocycles. The number of methoxy groups -OCH3 is 1. The van der Waals surface area contributed by atoms with Crippen molar-refractivity contribution in [1.82, 2.24) is 0 Å². The van der Waals surface area contributed by atoms with E-state index in [1.807, 2.05) is 84.9 Å². The lowest BCUT2D eigenvalue weighted by atomic mass is 10.1. The molecule has 4 aromatic rings. The van der Waals surface area contributed by atoms with Crippen LogP contribution in [-0.2, 0) is 4.79 Å². The first kappa shape index (κ1) is 21.5. The average Bonchev–Trinajstić information content (AvgIpc) is 2.83. The van der Waals surface area contributed by atoms with E-state index >= 15 is 0 Å². The highest BCUT2D eigenvalue weighted by atomic mass is 32.2. The largest absolute Gasteiger partial charge is 0.497 e. The lowest BCUT2D eigenvalue weighted by molar-refractivity contribution is -0.113. The minimum absolute atomic E-state index is 0.100. The fraction of sp³-hybridized carbons (Fsp3) is 0.0769. The Morgan fingerprint density at radius 1 is 0.781 bits per heavy atom. The van der Waals surface area contributed by atoms with Crippen LogP contribution in [0.4, 0.5) is 11.4 Å². The van der Waals surface area contributed by atoms with Crippen LogP contribution in [0.25, 0.3) is 10.8 Å². The predicted molar refractivity (Wildman–Crippen MR) is 131 cm³/mol. The van der Waals surface area contributed by atoms with Crippen molar-refractivity contribution in [2.24, 2.45) is 0 Å². The van der Waals surface area contributed by atoms with Crippen molar-refractivity contribution < 1.29 is 14.3 Å². The quantitative estimate of drug-likeness (QED) is 0.353. The van der Waals surface area contributed by atoms with Gasteiger partial charge in [-0.05, 0) is 59.3 Å². The van der Waals surface area contributed by atoms with E-state index in [-0.39, 0.29) is 17.6 Å². The summed E-state index contributed by atoms with van der Waals surface area (Å²) in [5, 5.41) is 7.90. The Kier molecular flexibility index (Phi) is 6.72. The van der Waals surface area contributed by atoms with Crippen LogP contribution in [0, 0.1) is 0 Å². The zero-order valence-corrected chi connectivity index (χ0v) is 18.3. The van der Waals surface area contributed by atoms with Gasteiger partial charge in [0.15, 0.2) is 0 Å². The topological polar surface area (TPSA) is 67.4 Å². The fourth-order valence-electron chi connectivity index (χ4n) is 3.22. The Hall–Kier alpha value is -3.77. The van der Waals surface area contributed by atoms with Crippen LogP contribution >= 0.6 is 11.8 Å². The summed E-state index contributed by atoms with van der Waals surface area (Å²) in [6, 6.07) is 28.3. The second kappa shape index (κ2) is 10.0. The summed E-state index contributed by atoms with van der Waals surface area (Å²) in [5.74, 6) is 0.711. The molecule has 0 bridgehead atoms. The number of ether oxygens (including phenoxy) is 1. The molecule has 0 spiro atoms. The minimum atomic E-state index is -0.158. The highest BCUT2D eigenvalue weighted by molar-refractivity contribution is 8.00. The van der Waals surface area contributed by atoms with Crippen molar-refractivity contribution in [2.75, 3.05) is 23.5 Å². The van der Waals surface area contributed by atoms with Crippen LogP contribution < -0.4 is 15.4 Å². The first-order chi connectivity index (χ1) is 15.6. The molecule has 5 nitrogen and oxygen atoms in total. The summed E-state index contributed by atoms with van der Waals surface area (Å²) in [7, 11) is 1.59. The Balaban J connectivity index is 1.31. The third-order valence-corrected chi connectivity index (χ3v) is 5.86. The SMILES string of the molecule is COc1cccc(NC(=O)CSc2ccc(NC(=O)c3ccc4ccccc4c3)cc2)c1. The predicted octanol–water partition coefficient (Wildman–Crippen LogP) is 5.83. The molecule has 4 rings (SSSR count). The Morgan fingerprint density at radius 2 is 1.56 bits per heavy atom. The van der Waals surface area contributed by atoms with Gasteiger partial charge in [0.1, 0.15) is 5.75 Å². The van der Waals surface area contributed by atoms with E-state index in [1.165, 1.54) is 11.8 Å². The number of fused-ring (bicyclic) bond motifs is 1. The molecule has 0 heterocycles. The molecule has 0 unspecified atom stereocenters. The lowest BCUT2D eigenvalue weighted by Crippen LogP contribution is -2.14. The summed E-state index contributed by atoms with van der Waals surface area (Å²) < 4.78 is 5.16. The zero-order valence-electron chi connectivity index (χ0n) is 17.5. The van der Waals surface area contributed by atoms with Crippen LogP contribution in [0.15, 0.2) is 95.9 Å². The highest BCUT2D eigenvalue weighted by Gasteiger charge is 2.08. The van der Waals surface area contributed by atoms with Crippen LogP contribution in [0.1, 0.15) is 10.4 Å². The molecule has 2 N–H and O–H groups in total. The van der Waals surface area contributed by atoms with Gasteiger partial charge in [-0.2, -0.15) is 0 Å². The number of benzene rings is 4. The van der Waals surface area contributed by atoms with Gasteiger partial charge >= 0.3 is 0 Å². The zero-order chi connectivity index (χ0) is 22.3. The van der Waals surface area contributed by atoms with Crippen molar-refractivity contribution in [2.45, 2.75) is 4.90 Å². The molecule has 0 radical (unpaired) electrons. The van der Waals surface area contributed by atoms with Crippen molar-refractivity contribution in [1.29, 1.82) is 0 Å². The molecule has 0 aromatic heterocycles. The Morgan fingerprint density at radius 3 is 2.34 bits per heavy atom. The summed E-state index contributed by atoms with van der Waals surface area (Å²) >= 11 is 1.43. The van der Waals surface area contributed by atoms with Crippen LogP contribution in [0.2, 0.25) is 0 Å². The standard InChI is InChI=1S/C26H22N2O3S/c1-31-23-8-4-7-22(16-23)27-25(29)17-32-24-13-11-21(12-14-24)28-26(30)20-10-9-18-5-2-3-6-19(18)15-20/h2-16H,17H2,1H3,(H,27,29)(H,28,30). The molecule has 0 saturated heterocycles. The fourth-order valence-corrected chi connectivity index (χ4v) is 3.91. The molecule has 0 atom stereocenters. The number of hydrogen-bond acceptors (Lipinski definition) is 4. The van der Waals surface area contributed by atoms with Gasteiger partial charge in [0.05, 0.1) is 12.9 Å². The summed E-state index contributed by atoms with van der Waals surface area (Å²) in [5.41, 5.74) is 2.01. The molecule has 0 saturated carbocycles.